The van der Waals surface area contributed by atoms with Gasteiger partial charge in [-0.05, 0) is 43.4 Å². The van der Waals surface area contributed by atoms with Crippen molar-refractivity contribution >= 4 is 28.2 Å². The van der Waals surface area contributed by atoms with Gasteiger partial charge in [0, 0.05) is 19.1 Å². The van der Waals surface area contributed by atoms with Crippen LogP contribution in [0.1, 0.15) is 25.3 Å². The van der Waals surface area contributed by atoms with Gasteiger partial charge in [-0.2, -0.15) is 8.78 Å². The van der Waals surface area contributed by atoms with E-state index in [9.17, 15) is 22.0 Å². The predicted octanol–water partition coefficient (Wildman–Crippen LogP) is 2.23. The number of halogens is 3. The second-order valence-electron chi connectivity index (χ2n) is 6.20. The number of likely N-dealkylation sites (tertiary alicyclic amines) is 1. The maximum atomic E-state index is 12.5. The molecule has 1 saturated heterocycles. The van der Waals surface area contributed by atoms with Crippen LogP contribution in [0.4, 0.5) is 8.78 Å². The van der Waals surface area contributed by atoms with E-state index in [-0.39, 0.29) is 30.8 Å². The third kappa shape index (κ3) is 5.36. The van der Waals surface area contributed by atoms with Crippen LogP contribution in [-0.2, 0) is 21.1 Å². The van der Waals surface area contributed by atoms with Crippen molar-refractivity contribution in [1.82, 2.24) is 4.90 Å². The Hall–Kier alpha value is -1.25. The highest BCUT2D eigenvalue weighted by atomic mass is 35.5. The van der Waals surface area contributed by atoms with Gasteiger partial charge >= 0.3 is 5.76 Å². The van der Waals surface area contributed by atoms with Crippen molar-refractivity contribution in [1.29, 1.82) is 0 Å². The fourth-order valence-corrected chi connectivity index (χ4v) is 3.58. The van der Waals surface area contributed by atoms with Crippen LogP contribution in [0.15, 0.2) is 29.2 Å². The van der Waals surface area contributed by atoms with E-state index < -0.39 is 20.5 Å². The molecule has 0 bridgehead atoms. The molecule has 25 heavy (non-hydrogen) atoms. The molecule has 0 radical (unpaired) electrons. The Kier molecular flexibility index (Phi) is 7.77. The summed E-state index contributed by atoms with van der Waals surface area (Å²) in [6.45, 7) is 3.28. The number of amides is 1. The second-order valence-corrected chi connectivity index (χ2v) is 8.12. The third-order valence-electron chi connectivity index (χ3n) is 4.48. The lowest BCUT2D eigenvalue weighted by Crippen LogP contribution is -2.43. The fraction of sp³-hybridized carbons (Fsp3) is 0.562. The quantitative estimate of drug-likeness (QED) is 0.827. The number of hydrogen-bond donors (Lipinski definition) is 1. The summed E-state index contributed by atoms with van der Waals surface area (Å²) in [6, 6.07) is 5.16. The summed E-state index contributed by atoms with van der Waals surface area (Å²) in [5, 5.41) is 0. The van der Waals surface area contributed by atoms with E-state index in [0.29, 0.717) is 24.6 Å². The highest BCUT2D eigenvalue weighted by Gasteiger charge is 2.27. The van der Waals surface area contributed by atoms with Crippen molar-refractivity contribution < 1.29 is 22.0 Å². The van der Waals surface area contributed by atoms with Gasteiger partial charge in [0.05, 0.1) is 11.3 Å². The first-order valence-corrected chi connectivity index (χ1v) is 9.41. The molecule has 1 aromatic rings. The first-order chi connectivity index (χ1) is 11.2. The van der Waals surface area contributed by atoms with Gasteiger partial charge in [0.25, 0.3) is 0 Å². The molecule has 9 heteroatoms. The molecule has 2 N–H and O–H groups in total. The number of carbonyl (C=O) groups is 1. The number of rotatable bonds is 5. The number of hydrogen-bond acceptors (Lipinski definition) is 4. The van der Waals surface area contributed by atoms with E-state index in [0.717, 1.165) is 25.0 Å². The molecule has 1 aliphatic heterocycles. The van der Waals surface area contributed by atoms with Gasteiger partial charge < -0.3 is 10.6 Å². The van der Waals surface area contributed by atoms with Gasteiger partial charge in [-0.3, -0.25) is 4.79 Å². The third-order valence-corrected chi connectivity index (χ3v) is 5.88. The Morgan fingerprint density at radius 1 is 1.24 bits per heavy atom. The van der Waals surface area contributed by atoms with Crippen molar-refractivity contribution in [3.05, 3.63) is 29.8 Å². The number of sulfone groups is 1. The summed E-state index contributed by atoms with van der Waals surface area (Å²) in [6.07, 6.45) is 1.86. The Labute approximate surface area is 152 Å². The zero-order valence-electron chi connectivity index (χ0n) is 13.9. The Morgan fingerprint density at radius 3 is 2.20 bits per heavy atom. The van der Waals surface area contributed by atoms with Crippen molar-refractivity contribution in [3.63, 3.8) is 0 Å². The molecular formula is C16H23ClF2N2O3S. The predicted molar refractivity (Wildman–Crippen MR) is 93.5 cm³/mol. The monoisotopic (exact) mass is 396 g/mol. The topological polar surface area (TPSA) is 80.5 Å². The highest BCUT2D eigenvalue weighted by Crippen LogP contribution is 2.21. The molecular weight excluding hydrogens is 374 g/mol. The zero-order chi connectivity index (χ0) is 17.9. The number of alkyl halides is 2. The van der Waals surface area contributed by atoms with Crippen LogP contribution < -0.4 is 5.73 Å². The summed E-state index contributed by atoms with van der Waals surface area (Å²) < 4.78 is 47.7. The van der Waals surface area contributed by atoms with Crippen LogP contribution in [0.3, 0.4) is 0 Å². The minimum atomic E-state index is -4.60. The normalized spacial score (nSPS) is 17.2. The van der Waals surface area contributed by atoms with Gasteiger partial charge in [0.1, 0.15) is 0 Å². The molecule has 0 spiro atoms. The fourth-order valence-electron chi connectivity index (χ4n) is 2.86. The number of nitrogens with two attached hydrogens (primary N) is 1. The average molecular weight is 397 g/mol. The molecule has 0 aromatic heterocycles. The highest BCUT2D eigenvalue weighted by molar-refractivity contribution is 7.91. The van der Waals surface area contributed by atoms with Crippen molar-refractivity contribution in [2.75, 3.05) is 13.1 Å². The maximum Gasteiger partial charge on any atom is 0.341 e. The number of benzene rings is 1. The number of carbonyl (C=O) groups excluding carboxylic acids is 1. The minimum absolute atomic E-state index is 0. The molecule has 2 rings (SSSR count). The van der Waals surface area contributed by atoms with Crippen LogP contribution in [0.25, 0.3) is 0 Å². The molecule has 1 atom stereocenters. The van der Waals surface area contributed by atoms with E-state index in [1.165, 1.54) is 12.1 Å². The van der Waals surface area contributed by atoms with E-state index in [1.807, 2.05) is 6.92 Å². The van der Waals surface area contributed by atoms with Gasteiger partial charge in [-0.1, -0.05) is 12.1 Å². The van der Waals surface area contributed by atoms with Crippen LogP contribution in [0, 0.1) is 5.92 Å². The van der Waals surface area contributed by atoms with E-state index in [4.69, 9.17) is 5.73 Å². The lowest BCUT2D eigenvalue weighted by atomic mass is 9.91. The van der Waals surface area contributed by atoms with Crippen LogP contribution in [0.5, 0.6) is 0 Å². The minimum Gasteiger partial charge on any atom is -0.342 e. The van der Waals surface area contributed by atoms with E-state index in [1.54, 1.807) is 4.90 Å². The molecule has 1 aliphatic rings. The zero-order valence-corrected chi connectivity index (χ0v) is 15.5. The van der Waals surface area contributed by atoms with Gasteiger partial charge in [-0.25, -0.2) is 8.42 Å². The first kappa shape index (κ1) is 21.8. The summed E-state index contributed by atoms with van der Waals surface area (Å²) in [7, 11) is -4.60. The van der Waals surface area contributed by atoms with Crippen LogP contribution in [-0.4, -0.2) is 44.1 Å². The standard InChI is InChI=1S/C16H22F2N2O3S.ClH/c1-11(19)13-6-8-20(9-7-13)15(21)10-12-2-4-14(5-3-12)24(22,23)16(17)18;/h2-5,11,13,16H,6-10,19H2,1H3;1H. The van der Waals surface area contributed by atoms with Gasteiger partial charge in [-0.15, -0.1) is 12.4 Å². The van der Waals surface area contributed by atoms with E-state index in [2.05, 4.69) is 0 Å². The van der Waals surface area contributed by atoms with Gasteiger partial charge in [0.2, 0.25) is 15.7 Å². The first-order valence-electron chi connectivity index (χ1n) is 7.86. The summed E-state index contributed by atoms with van der Waals surface area (Å²) in [5.41, 5.74) is 6.48. The molecule has 142 valence electrons. The van der Waals surface area contributed by atoms with Crippen molar-refractivity contribution in [2.24, 2.45) is 11.7 Å². The smallest absolute Gasteiger partial charge is 0.341 e. The summed E-state index contributed by atoms with van der Waals surface area (Å²) in [4.78, 5) is 13.6. The number of nitrogens with zero attached hydrogens (tertiary/aromatic N) is 1. The average Bonchev–Trinajstić information content (AvgIpc) is 2.55. The molecule has 5 nitrogen and oxygen atoms in total. The lowest BCUT2D eigenvalue weighted by Gasteiger charge is -2.33. The SMILES string of the molecule is CC(N)C1CCN(C(=O)Cc2ccc(S(=O)(=O)C(F)F)cc2)CC1.Cl. The maximum absolute atomic E-state index is 12.5. The molecule has 1 heterocycles. The molecule has 1 unspecified atom stereocenters. The summed E-state index contributed by atoms with van der Waals surface area (Å²) >= 11 is 0. The van der Waals surface area contributed by atoms with Crippen LogP contribution >= 0.6 is 12.4 Å². The lowest BCUT2D eigenvalue weighted by molar-refractivity contribution is -0.131. The molecule has 1 amide bonds. The van der Waals surface area contributed by atoms with Crippen molar-refractivity contribution in [2.45, 2.75) is 42.9 Å². The van der Waals surface area contributed by atoms with E-state index >= 15 is 0 Å². The summed E-state index contributed by atoms with van der Waals surface area (Å²) in [5.74, 6) is -3.08. The Bertz CT molecular complexity index is 673. The molecule has 0 saturated carbocycles. The molecule has 1 fully saturated rings. The molecule has 0 aliphatic carbocycles. The Morgan fingerprint density at radius 2 is 1.76 bits per heavy atom. The molecule has 1 aromatic carbocycles. The van der Waals surface area contributed by atoms with Gasteiger partial charge in [0.15, 0.2) is 0 Å². The largest absolute Gasteiger partial charge is 0.342 e. The van der Waals surface area contributed by atoms with Crippen LogP contribution in [0.2, 0.25) is 0 Å². The number of piperidine rings is 1. The second kappa shape index (κ2) is 8.91. The Balaban J connectivity index is 0.00000312. The van der Waals surface area contributed by atoms with Crippen molar-refractivity contribution in [3.8, 4) is 0 Å².